The van der Waals surface area contributed by atoms with Gasteiger partial charge in [0.25, 0.3) is 0 Å². The Hall–Kier alpha value is -0.0800. The highest BCUT2D eigenvalue weighted by Crippen LogP contribution is 2.42. The molecule has 10 heavy (non-hydrogen) atoms. The fourth-order valence-electron chi connectivity index (χ4n) is 1.91. The minimum atomic E-state index is 0.298. The van der Waals surface area contributed by atoms with Crippen molar-refractivity contribution in [3.05, 3.63) is 0 Å². The summed E-state index contributed by atoms with van der Waals surface area (Å²) in [5.41, 5.74) is 0.298. The van der Waals surface area contributed by atoms with Crippen LogP contribution in [0.4, 0.5) is 0 Å². The van der Waals surface area contributed by atoms with Gasteiger partial charge in [-0.15, -0.1) is 0 Å². The molecule has 0 radical (unpaired) electrons. The van der Waals surface area contributed by atoms with Crippen LogP contribution >= 0.6 is 0 Å². The first-order chi connectivity index (χ1) is 4.70. The Labute approximate surface area is 62.2 Å². The lowest BCUT2D eigenvalue weighted by atomic mass is 10.2. The van der Waals surface area contributed by atoms with Gasteiger partial charge in [-0.2, -0.15) is 0 Å². The molecule has 1 unspecified atom stereocenters. The third kappa shape index (κ3) is 1.06. The topological polar surface area (TPSA) is 12.5 Å². The highest BCUT2D eigenvalue weighted by Gasteiger charge is 2.48. The molecule has 58 valence electrons. The van der Waals surface area contributed by atoms with Gasteiger partial charge in [0, 0.05) is 13.1 Å². The van der Waals surface area contributed by atoms with Crippen molar-refractivity contribution in [2.45, 2.75) is 31.5 Å². The van der Waals surface area contributed by atoms with E-state index in [-0.39, 0.29) is 0 Å². The third-order valence-corrected chi connectivity index (χ3v) is 2.39. The lowest BCUT2D eigenvalue weighted by Crippen LogP contribution is -2.45. The zero-order chi connectivity index (χ0) is 7.19. The van der Waals surface area contributed by atoms with E-state index in [4.69, 9.17) is 4.74 Å². The molecule has 1 saturated carbocycles. The second-order valence-electron chi connectivity index (χ2n) is 3.81. The van der Waals surface area contributed by atoms with E-state index in [2.05, 4.69) is 18.9 Å². The van der Waals surface area contributed by atoms with Crippen LogP contribution < -0.4 is 0 Å². The van der Waals surface area contributed by atoms with Gasteiger partial charge in [-0.25, -0.2) is 0 Å². The number of rotatable bonds is 0. The van der Waals surface area contributed by atoms with Gasteiger partial charge in [-0.3, -0.25) is 0 Å². The average molecular weight is 141 g/mol. The molecule has 1 aliphatic carbocycles. The molecule has 1 aliphatic heterocycles. The van der Waals surface area contributed by atoms with Gasteiger partial charge < -0.3 is 9.64 Å². The number of nitrogens with zero attached hydrogens (tertiary/aromatic N) is 1. The quantitative estimate of drug-likeness (QED) is 0.496. The van der Waals surface area contributed by atoms with Crippen LogP contribution in [0.1, 0.15) is 19.8 Å². The summed E-state index contributed by atoms with van der Waals surface area (Å²) < 4.78 is 5.81. The Bertz CT molecular complexity index is 130. The SMILES string of the molecule is CC1CN(C)CC2(CC2)O1. The molecule has 1 heterocycles. The molecule has 0 aromatic carbocycles. The lowest BCUT2D eigenvalue weighted by molar-refractivity contribution is -0.0860. The first-order valence-electron chi connectivity index (χ1n) is 4.07. The van der Waals surface area contributed by atoms with Gasteiger partial charge in [0.1, 0.15) is 0 Å². The van der Waals surface area contributed by atoms with Crippen LogP contribution in [0.3, 0.4) is 0 Å². The van der Waals surface area contributed by atoms with E-state index in [1.54, 1.807) is 0 Å². The van der Waals surface area contributed by atoms with Crippen molar-refractivity contribution in [3.63, 3.8) is 0 Å². The van der Waals surface area contributed by atoms with Crippen molar-refractivity contribution in [2.24, 2.45) is 0 Å². The Balaban J connectivity index is 2.00. The second kappa shape index (κ2) is 1.95. The number of hydrogen-bond acceptors (Lipinski definition) is 2. The number of morpholine rings is 1. The summed E-state index contributed by atoms with van der Waals surface area (Å²) >= 11 is 0. The fourth-order valence-corrected chi connectivity index (χ4v) is 1.91. The summed E-state index contributed by atoms with van der Waals surface area (Å²) in [6.45, 7) is 4.41. The minimum Gasteiger partial charge on any atom is -0.369 e. The summed E-state index contributed by atoms with van der Waals surface area (Å²) in [6.07, 6.45) is 3.00. The van der Waals surface area contributed by atoms with Gasteiger partial charge in [0.15, 0.2) is 0 Å². The third-order valence-electron chi connectivity index (χ3n) is 2.39. The largest absolute Gasteiger partial charge is 0.369 e. The fraction of sp³-hybridized carbons (Fsp3) is 1.00. The molecule has 0 aromatic rings. The average Bonchev–Trinajstić information content (AvgIpc) is 2.44. The molecular formula is C8H15NO. The molecule has 1 spiro atoms. The Kier molecular flexibility index (Phi) is 1.29. The maximum Gasteiger partial charge on any atom is 0.0815 e. The maximum absolute atomic E-state index is 5.81. The lowest BCUT2D eigenvalue weighted by Gasteiger charge is -2.34. The van der Waals surface area contributed by atoms with E-state index in [1.165, 1.54) is 12.8 Å². The molecule has 2 fully saturated rings. The van der Waals surface area contributed by atoms with Gasteiger partial charge in [-0.05, 0) is 26.8 Å². The van der Waals surface area contributed by atoms with Crippen molar-refractivity contribution in [2.75, 3.05) is 20.1 Å². The van der Waals surface area contributed by atoms with Crippen LogP contribution in [0, 0.1) is 0 Å². The van der Waals surface area contributed by atoms with Crippen molar-refractivity contribution in [1.29, 1.82) is 0 Å². The molecule has 0 bridgehead atoms. The molecule has 2 aliphatic rings. The van der Waals surface area contributed by atoms with Crippen LogP contribution in [0.15, 0.2) is 0 Å². The predicted molar refractivity (Wildman–Crippen MR) is 40.0 cm³/mol. The van der Waals surface area contributed by atoms with Crippen molar-refractivity contribution < 1.29 is 4.74 Å². The molecule has 1 atom stereocenters. The molecule has 2 heteroatoms. The summed E-state index contributed by atoms with van der Waals surface area (Å²) in [5.74, 6) is 0. The molecular weight excluding hydrogens is 126 g/mol. The highest BCUT2D eigenvalue weighted by atomic mass is 16.5. The number of likely N-dealkylation sites (N-methyl/N-ethyl adjacent to an activating group) is 1. The van der Waals surface area contributed by atoms with Crippen molar-refractivity contribution >= 4 is 0 Å². The van der Waals surface area contributed by atoms with E-state index in [9.17, 15) is 0 Å². The Morgan fingerprint density at radius 1 is 1.50 bits per heavy atom. The van der Waals surface area contributed by atoms with E-state index in [0.29, 0.717) is 11.7 Å². The molecule has 0 N–H and O–H groups in total. The van der Waals surface area contributed by atoms with E-state index < -0.39 is 0 Å². The van der Waals surface area contributed by atoms with Gasteiger partial charge in [0.05, 0.1) is 11.7 Å². The van der Waals surface area contributed by atoms with Crippen LogP contribution in [0.5, 0.6) is 0 Å². The summed E-state index contributed by atoms with van der Waals surface area (Å²) in [4.78, 5) is 2.38. The van der Waals surface area contributed by atoms with E-state index in [0.717, 1.165) is 13.1 Å². The van der Waals surface area contributed by atoms with E-state index in [1.807, 2.05) is 0 Å². The summed E-state index contributed by atoms with van der Waals surface area (Å²) in [7, 11) is 2.18. The zero-order valence-corrected chi connectivity index (χ0v) is 6.76. The molecule has 0 aromatic heterocycles. The molecule has 0 amide bonds. The van der Waals surface area contributed by atoms with Crippen LogP contribution in [0.2, 0.25) is 0 Å². The minimum absolute atomic E-state index is 0.298. The Morgan fingerprint density at radius 2 is 2.20 bits per heavy atom. The van der Waals surface area contributed by atoms with Gasteiger partial charge in [-0.1, -0.05) is 0 Å². The van der Waals surface area contributed by atoms with Crippen LogP contribution in [0.25, 0.3) is 0 Å². The highest BCUT2D eigenvalue weighted by molar-refractivity contribution is 5.00. The summed E-state index contributed by atoms with van der Waals surface area (Å²) in [5, 5.41) is 0. The first kappa shape index (κ1) is 6.62. The monoisotopic (exact) mass is 141 g/mol. The van der Waals surface area contributed by atoms with Crippen molar-refractivity contribution in [3.8, 4) is 0 Å². The van der Waals surface area contributed by atoms with E-state index >= 15 is 0 Å². The van der Waals surface area contributed by atoms with Crippen LogP contribution in [-0.2, 0) is 4.74 Å². The number of hydrogen-bond donors (Lipinski definition) is 0. The normalized spacial score (nSPS) is 38.4. The second-order valence-corrected chi connectivity index (χ2v) is 3.81. The standard InChI is InChI=1S/C8H15NO/c1-7-5-9(2)6-8(10-7)3-4-8/h7H,3-6H2,1-2H3. The zero-order valence-electron chi connectivity index (χ0n) is 6.76. The van der Waals surface area contributed by atoms with Crippen LogP contribution in [-0.4, -0.2) is 36.7 Å². The van der Waals surface area contributed by atoms with Crippen molar-refractivity contribution in [1.82, 2.24) is 4.90 Å². The molecule has 1 saturated heterocycles. The Morgan fingerprint density at radius 3 is 2.70 bits per heavy atom. The van der Waals surface area contributed by atoms with Gasteiger partial charge in [0.2, 0.25) is 0 Å². The smallest absolute Gasteiger partial charge is 0.0815 e. The summed E-state index contributed by atoms with van der Waals surface area (Å²) in [6, 6.07) is 0. The number of ether oxygens (including phenoxy) is 1. The molecule has 2 nitrogen and oxygen atoms in total. The predicted octanol–water partition coefficient (Wildman–Crippen LogP) is 0.869. The molecule has 2 rings (SSSR count). The maximum atomic E-state index is 5.81. The first-order valence-corrected chi connectivity index (χ1v) is 4.07. The van der Waals surface area contributed by atoms with Gasteiger partial charge >= 0.3 is 0 Å².